The van der Waals surface area contributed by atoms with E-state index in [1.54, 1.807) is 6.92 Å². The van der Waals surface area contributed by atoms with Gasteiger partial charge < -0.3 is 15.3 Å². The van der Waals surface area contributed by atoms with Gasteiger partial charge in [-0.05, 0) is 63.2 Å². The van der Waals surface area contributed by atoms with Crippen LogP contribution in [0.2, 0.25) is 0 Å². The molecule has 0 aliphatic heterocycles. The molecule has 4 bridgehead atoms. The molecule has 1 aromatic carbocycles. The molecular formula is C17H22O3. The van der Waals surface area contributed by atoms with Crippen LogP contribution < -0.4 is 0 Å². The molecule has 0 spiro atoms. The highest BCUT2D eigenvalue weighted by Gasteiger charge is 2.53. The van der Waals surface area contributed by atoms with Gasteiger partial charge in [0, 0.05) is 22.6 Å². The van der Waals surface area contributed by atoms with Gasteiger partial charge in [0.25, 0.3) is 0 Å². The summed E-state index contributed by atoms with van der Waals surface area (Å²) in [5.41, 5.74) is 1.15. The second-order valence-corrected chi connectivity index (χ2v) is 7.46. The van der Waals surface area contributed by atoms with E-state index in [0.29, 0.717) is 11.1 Å². The van der Waals surface area contributed by atoms with Crippen LogP contribution in [0.25, 0.3) is 0 Å². The lowest BCUT2D eigenvalue weighted by molar-refractivity contribution is -0.00717. The highest BCUT2D eigenvalue weighted by molar-refractivity contribution is 5.58. The van der Waals surface area contributed by atoms with Gasteiger partial charge in [-0.25, -0.2) is 0 Å². The van der Waals surface area contributed by atoms with E-state index in [4.69, 9.17) is 0 Å². The van der Waals surface area contributed by atoms with Gasteiger partial charge in [0.1, 0.15) is 17.2 Å². The second-order valence-electron chi connectivity index (χ2n) is 7.46. The van der Waals surface area contributed by atoms with Crippen molar-refractivity contribution < 1.29 is 15.3 Å². The fourth-order valence-electron chi connectivity index (χ4n) is 5.68. The summed E-state index contributed by atoms with van der Waals surface area (Å²) in [6.07, 6.45) is 7.26. The summed E-state index contributed by atoms with van der Waals surface area (Å²) in [5, 5.41) is 30.6. The first-order chi connectivity index (χ1) is 9.48. The Kier molecular flexibility index (Phi) is 2.37. The minimum Gasteiger partial charge on any atom is -0.507 e. The molecule has 1 aromatic rings. The predicted octanol–water partition coefficient (Wildman–Crippen LogP) is 3.58. The van der Waals surface area contributed by atoms with Crippen LogP contribution >= 0.6 is 0 Å². The molecular weight excluding hydrogens is 252 g/mol. The quantitative estimate of drug-likeness (QED) is 0.733. The molecule has 3 N–H and O–H groups in total. The van der Waals surface area contributed by atoms with Gasteiger partial charge in [0.2, 0.25) is 0 Å². The number of phenolic OH excluding ortho intramolecular Hbond substituents is 3. The minimum absolute atomic E-state index is 0.0199. The van der Waals surface area contributed by atoms with Crippen molar-refractivity contribution in [3.05, 3.63) is 17.2 Å². The Balaban J connectivity index is 1.87. The lowest BCUT2D eigenvalue weighted by atomic mass is 9.48. The Morgan fingerprint density at radius 1 is 0.900 bits per heavy atom. The fraction of sp³-hybridized carbons (Fsp3) is 0.647. The Labute approximate surface area is 119 Å². The van der Waals surface area contributed by atoms with E-state index in [1.807, 2.05) is 0 Å². The largest absolute Gasteiger partial charge is 0.507 e. The number of phenols is 3. The normalized spacial score (nSPS) is 38.4. The van der Waals surface area contributed by atoms with Crippen LogP contribution in [0, 0.1) is 24.7 Å². The number of aromatic hydroxyl groups is 3. The van der Waals surface area contributed by atoms with Gasteiger partial charge in [0.15, 0.2) is 0 Å². The number of hydrogen-bond acceptors (Lipinski definition) is 3. The van der Waals surface area contributed by atoms with Crippen molar-refractivity contribution in [3.63, 3.8) is 0 Å². The highest BCUT2D eigenvalue weighted by atomic mass is 16.3. The highest BCUT2D eigenvalue weighted by Crippen LogP contribution is 2.63. The van der Waals surface area contributed by atoms with E-state index in [-0.39, 0.29) is 22.7 Å². The summed E-state index contributed by atoms with van der Waals surface area (Å²) in [7, 11) is 0. The smallest absolute Gasteiger partial charge is 0.129 e. The van der Waals surface area contributed by atoms with Crippen molar-refractivity contribution >= 4 is 0 Å². The summed E-state index contributed by atoms with van der Waals surface area (Å²) in [4.78, 5) is 0. The van der Waals surface area contributed by atoms with Crippen LogP contribution in [0.3, 0.4) is 0 Å². The molecule has 0 atom stereocenters. The summed E-state index contributed by atoms with van der Waals surface area (Å²) >= 11 is 0. The van der Waals surface area contributed by atoms with Gasteiger partial charge in [0.05, 0.1) is 0 Å². The maximum absolute atomic E-state index is 10.5. The molecule has 0 heterocycles. The molecule has 0 amide bonds. The number of hydrogen-bond donors (Lipinski definition) is 3. The van der Waals surface area contributed by atoms with E-state index in [2.05, 4.69) is 0 Å². The molecule has 108 valence electrons. The third-order valence-electron chi connectivity index (χ3n) is 6.07. The molecule has 0 radical (unpaired) electrons. The fourth-order valence-corrected chi connectivity index (χ4v) is 5.68. The second kappa shape index (κ2) is 3.84. The molecule has 4 fully saturated rings. The van der Waals surface area contributed by atoms with Crippen LogP contribution in [0.4, 0.5) is 0 Å². The third kappa shape index (κ3) is 1.52. The summed E-state index contributed by atoms with van der Waals surface area (Å²) in [6, 6.07) is 1.41. The summed E-state index contributed by atoms with van der Waals surface area (Å²) in [5.74, 6) is 2.45. The number of benzene rings is 1. The Hall–Kier alpha value is -1.38. The van der Waals surface area contributed by atoms with Gasteiger partial charge >= 0.3 is 0 Å². The molecule has 4 saturated carbocycles. The zero-order chi connectivity index (χ0) is 14.1. The van der Waals surface area contributed by atoms with Crippen molar-refractivity contribution in [2.45, 2.75) is 50.9 Å². The average molecular weight is 274 g/mol. The molecule has 0 saturated heterocycles. The van der Waals surface area contributed by atoms with E-state index in [9.17, 15) is 15.3 Å². The monoisotopic (exact) mass is 274 g/mol. The molecule has 3 heteroatoms. The van der Waals surface area contributed by atoms with Gasteiger partial charge in [-0.3, -0.25) is 0 Å². The average Bonchev–Trinajstić information content (AvgIpc) is 2.34. The van der Waals surface area contributed by atoms with E-state index in [0.717, 1.165) is 37.0 Å². The van der Waals surface area contributed by atoms with Crippen LogP contribution in [-0.2, 0) is 5.41 Å². The van der Waals surface area contributed by atoms with Crippen LogP contribution in [0.5, 0.6) is 17.2 Å². The van der Waals surface area contributed by atoms with E-state index in [1.165, 1.54) is 25.3 Å². The first-order valence-electron chi connectivity index (χ1n) is 7.73. The minimum atomic E-state index is -0.0542. The zero-order valence-corrected chi connectivity index (χ0v) is 11.9. The van der Waals surface area contributed by atoms with Crippen molar-refractivity contribution in [2.24, 2.45) is 17.8 Å². The maximum Gasteiger partial charge on any atom is 0.129 e. The molecule has 0 aromatic heterocycles. The van der Waals surface area contributed by atoms with Crippen molar-refractivity contribution in [2.75, 3.05) is 0 Å². The lowest BCUT2D eigenvalue weighted by Gasteiger charge is -2.57. The van der Waals surface area contributed by atoms with Crippen molar-refractivity contribution in [1.82, 2.24) is 0 Å². The van der Waals surface area contributed by atoms with E-state index < -0.39 is 0 Å². The third-order valence-corrected chi connectivity index (χ3v) is 6.07. The van der Waals surface area contributed by atoms with Crippen molar-refractivity contribution in [3.8, 4) is 17.2 Å². The standard InChI is InChI=1S/C17H22O3/c1-9-13(18)5-14(19)15(16(9)20)17-6-10-2-11(7-17)4-12(3-10)8-17/h5,10-12,18-20H,2-4,6-8H2,1H3. The van der Waals surface area contributed by atoms with Crippen LogP contribution in [0.1, 0.15) is 49.7 Å². The Morgan fingerprint density at radius 2 is 1.40 bits per heavy atom. The Bertz CT molecular complexity index is 541. The van der Waals surface area contributed by atoms with Crippen LogP contribution in [0.15, 0.2) is 6.07 Å². The van der Waals surface area contributed by atoms with Crippen molar-refractivity contribution in [1.29, 1.82) is 0 Å². The molecule has 20 heavy (non-hydrogen) atoms. The van der Waals surface area contributed by atoms with Crippen LogP contribution in [-0.4, -0.2) is 15.3 Å². The zero-order valence-electron chi connectivity index (χ0n) is 11.9. The molecule has 4 aliphatic carbocycles. The lowest BCUT2D eigenvalue weighted by Crippen LogP contribution is -2.48. The summed E-state index contributed by atoms with van der Waals surface area (Å²) in [6.45, 7) is 1.72. The first kappa shape index (κ1) is 12.4. The first-order valence-corrected chi connectivity index (χ1v) is 7.73. The molecule has 4 aliphatic rings. The Morgan fingerprint density at radius 3 is 1.90 bits per heavy atom. The van der Waals surface area contributed by atoms with E-state index >= 15 is 0 Å². The molecule has 0 unspecified atom stereocenters. The summed E-state index contributed by atoms with van der Waals surface area (Å²) < 4.78 is 0. The predicted molar refractivity (Wildman–Crippen MR) is 76.0 cm³/mol. The molecule has 5 rings (SSSR count). The maximum atomic E-state index is 10.5. The topological polar surface area (TPSA) is 60.7 Å². The SMILES string of the molecule is Cc1c(O)cc(O)c(C23CC4CC(CC(C4)C2)C3)c1O. The van der Waals surface area contributed by atoms with Gasteiger partial charge in [-0.15, -0.1) is 0 Å². The van der Waals surface area contributed by atoms with Gasteiger partial charge in [-0.2, -0.15) is 0 Å². The van der Waals surface area contributed by atoms with Gasteiger partial charge in [-0.1, -0.05) is 0 Å². The molecule has 3 nitrogen and oxygen atoms in total. The number of rotatable bonds is 1.